The van der Waals surface area contributed by atoms with Gasteiger partial charge in [0.2, 0.25) is 0 Å². The van der Waals surface area contributed by atoms with Gasteiger partial charge in [0.05, 0.1) is 0 Å². The Balaban J connectivity index is 2.14. The molecule has 17 heavy (non-hydrogen) atoms. The molecular weight excluding hydrogens is 208 g/mol. The van der Waals surface area contributed by atoms with Crippen LogP contribution in [0.2, 0.25) is 0 Å². The van der Waals surface area contributed by atoms with Crippen molar-refractivity contribution in [1.82, 2.24) is 10.2 Å². The zero-order chi connectivity index (χ0) is 12.5. The largest absolute Gasteiger partial charge is 0.315 e. The Morgan fingerprint density at radius 1 is 1.18 bits per heavy atom. The summed E-state index contributed by atoms with van der Waals surface area (Å²) in [4.78, 5) is 2.75. The Bertz CT molecular complexity index is 180. The van der Waals surface area contributed by atoms with Crippen molar-refractivity contribution in [3.05, 3.63) is 0 Å². The quantitative estimate of drug-likeness (QED) is 0.686. The summed E-state index contributed by atoms with van der Waals surface area (Å²) in [6.07, 6.45) is 9.76. The number of hydrogen-bond acceptors (Lipinski definition) is 2. The molecule has 102 valence electrons. The van der Waals surface area contributed by atoms with Gasteiger partial charge in [-0.15, -0.1) is 0 Å². The molecule has 0 amide bonds. The summed E-state index contributed by atoms with van der Waals surface area (Å²) in [6.45, 7) is 10.6. The van der Waals surface area contributed by atoms with E-state index >= 15 is 0 Å². The van der Waals surface area contributed by atoms with Crippen LogP contribution in [0.15, 0.2) is 0 Å². The van der Waals surface area contributed by atoms with E-state index in [-0.39, 0.29) is 0 Å². The van der Waals surface area contributed by atoms with E-state index in [4.69, 9.17) is 0 Å². The molecule has 0 aromatic rings. The van der Waals surface area contributed by atoms with Gasteiger partial charge in [-0.2, -0.15) is 0 Å². The highest BCUT2D eigenvalue weighted by molar-refractivity contribution is 4.74. The van der Waals surface area contributed by atoms with Crippen LogP contribution in [0.5, 0.6) is 0 Å². The third kappa shape index (κ3) is 6.42. The second-order valence-corrected chi connectivity index (χ2v) is 5.76. The fraction of sp³-hybridized carbons (Fsp3) is 1.00. The average molecular weight is 240 g/mol. The van der Waals surface area contributed by atoms with Gasteiger partial charge in [-0.05, 0) is 51.7 Å². The van der Waals surface area contributed by atoms with Crippen molar-refractivity contribution in [2.45, 2.75) is 77.8 Å². The normalized spacial score (nSPS) is 22.9. The van der Waals surface area contributed by atoms with Gasteiger partial charge in [0.25, 0.3) is 0 Å². The van der Waals surface area contributed by atoms with Crippen molar-refractivity contribution >= 4 is 0 Å². The van der Waals surface area contributed by atoms with E-state index in [9.17, 15) is 0 Å². The Kier molecular flexibility index (Phi) is 7.87. The molecule has 1 aliphatic heterocycles. The highest BCUT2D eigenvalue weighted by Crippen LogP contribution is 2.19. The van der Waals surface area contributed by atoms with Crippen molar-refractivity contribution < 1.29 is 0 Å². The van der Waals surface area contributed by atoms with Crippen molar-refractivity contribution in [2.24, 2.45) is 0 Å². The number of unbranched alkanes of at least 4 members (excludes halogenated alkanes) is 1. The molecule has 0 radical (unpaired) electrons. The molecule has 1 saturated heterocycles. The lowest BCUT2D eigenvalue weighted by atomic mass is 10.1. The summed E-state index contributed by atoms with van der Waals surface area (Å²) < 4.78 is 0. The number of likely N-dealkylation sites (tertiary alicyclic amines) is 1. The molecule has 1 unspecified atom stereocenters. The van der Waals surface area contributed by atoms with Crippen molar-refractivity contribution in [3.8, 4) is 0 Å². The van der Waals surface area contributed by atoms with Crippen LogP contribution in [0.25, 0.3) is 0 Å². The number of nitrogens with zero attached hydrogens (tertiary/aromatic N) is 1. The van der Waals surface area contributed by atoms with Crippen molar-refractivity contribution in [1.29, 1.82) is 0 Å². The van der Waals surface area contributed by atoms with E-state index in [0.29, 0.717) is 6.04 Å². The molecule has 0 spiro atoms. The van der Waals surface area contributed by atoms with E-state index in [1.54, 1.807) is 0 Å². The fourth-order valence-corrected chi connectivity index (χ4v) is 2.82. The van der Waals surface area contributed by atoms with E-state index in [1.807, 2.05) is 0 Å². The number of hydrogen-bond donors (Lipinski definition) is 1. The molecule has 1 rings (SSSR count). The molecule has 0 aliphatic carbocycles. The zero-order valence-electron chi connectivity index (χ0n) is 12.2. The molecule has 0 bridgehead atoms. The standard InChI is InChI=1S/C15H32N2/c1-4-15-10-6-5-8-12-17(15)13-9-7-11-16-14(2)3/h14-16H,4-13H2,1-3H3. The van der Waals surface area contributed by atoms with Gasteiger partial charge in [-0.25, -0.2) is 0 Å². The lowest BCUT2D eigenvalue weighted by Crippen LogP contribution is -2.35. The molecule has 1 atom stereocenters. The Morgan fingerprint density at radius 2 is 2.00 bits per heavy atom. The maximum Gasteiger partial charge on any atom is 0.00926 e. The molecular formula is C15H32N2. The van der Waals surface area contributed by atoms with Gasteiger partial charge >= 0.3 is 0 Å². The first-order chi connectivity index (χ1) is 8.24. The minimum atomic E-state index is 0.636. The molecule has 2 heteroatoms. The zero-order valence-corrected chi connectivity index (χ0v) is 12.2. The third-order valence-corrected chi connectivity index (χ3v) is 3.90. The second-order valence-electron chi connectivity index (χ2n) is 5.76. The van der Waals surface area contributed by atoms with E-state index in [0.717, 1.165) is 6.04 Å². The number of nitrogens with one attached hydrogen (secondary N) is 1. The average Bonchev–Trinajstić information content (AvgIpc) is 2.53. The smallest absolute Gasteiger partial charge is 0.00926 e. The summed E-state index contributed by atoms with van der Waals surface area (Å²) in [5.74, 6) is 0. The monoisotopic (exact) mass is 240 g/mol. The highest BCUT2D eigenvalue weighted by Gasteiger charge is 2.18. The van der Waals surface area contributed by atoms with E-state index < -0.39 is 0 Å². The summed E-state index contributed by atoms with van der Waals surface area (Å²) >= 11 is 0. The Labute approximate surface area is 108 Å². The summed E-state index contributed by atoms with van der Waals surface area (Å²) in [7, 11) is 0. The molecule has 1 fully saturated rings. The third-order valence-electron chi connectivity index (χ3n) is 3.90. The van der Waals surface area contributed by atoms with Crippen LogP contribution in [0.3, 0.4) is 0 Å². The predicted molar refractivity (Wildman–Crippen MR) is 76.5 cm³/mol. The predicted octanol–water partition coefficient (Wildman–Crippen LogP) is 3.42. The molecule has 0 aromatic heterocycles. The topological polar surface area (TPSA) is 15.3 Å². The maximum absolute atomic E-state index is 3.50. The lowest BCUT2D eigenvalue weighted by molar-refractivity contribution is 0.191. The molecule has 0 aromatic carbocycles. The summed E-state index contributed by atoms with van der Waals surface area (Å²) in [5.41, 5.74) is 0. The van der Waals surface area contributed by atoms with Crippen LogP contribution < -0.4 is 5.32 Å². The summed E-state index contributed by atoms with van der Waals surface area (Å²) in [6, 6.07) is 1.51. The molecule has 0 saturated carbocycles. The second kappa shape index (κ2) is 8.93. The van der Waals surface area contributed by atoms with Gasteiger partial charge in [0.15, 0.2) is 0 Å². The van der Waals surface area contributed by atoms with Crippen LogP contribution in [0, 0.1) is 0 Å². The Hall–Kier alpha value is -0.0800. The van der Waals surface area contributed by atoms with Gasteiger partial charge < -0.3 is 10.2 Å². The van der Waals surface area contributed by atoms with Gasteiger partial charge in [-0.3, -0.25) is 0 Å². The first-order valence-corrected chi connectivity index (χ1v) is 7.71. The van der Waals surface area contributed by atoms with Crippen LogP contribution in [0.1, 0.15) is 65.7 Å². The van der Waals surface area contributed by atoms with Gasteiger partial charge in [0.1, 0.15) is 0 Å². The van der Waals surface area contributed by atoms with Crippen LogP contribution in [-0.4, -0.2) is 36.6 Å². The number of rotatable bonds is 7. The molecule has 1 N–H and O–H groups in total. The van der Waals surface area contributed by atoms with Crippen molar-refractivity contribution in [2.75, 3.05) is 19.6 Å². The van der Waals surface area contributed by atoms with Crippen LogP contribution in [0.4, 0.5) is 0 Å². The van der Waals surface area contributed by atoms with Gasteiger partial charge in [0, 0.05) is 12.1 Å². The minimum absolute atomic E-state index is 0.636. The fourth-order valence-electron chi connectivity index (χ4n) is 2.82. The highest BCUT2D eigenvalue weighted by atomic mass is 15.1. The first-order valence-electron chi connectivity index (χ1n) is 7.71. The molecule has 2 nitrogen and oxygen atoms in total. The maximum atomic E-state index is 3.50. The summed E-state index contributed by atoms with van der Waals surface area (Å²) in [5, 5.41) is 3.50. The Morgan fingerprint density at radius 3 is 2.71 bits per heavy atom. The van der Waals surface area contributed by atoms with Crippen molar-refractivity contribution in [3.63, 3.8) is 0 Å². The molecule has 1 heterocycles. The lowest BCUT2D eigenvalue weighted by Gasteiger charge is -2.29. The molecule has 1 aliphatic rings. The van der Waals surface area contributed by atoms with E-state index in [2.05, 4.69) is 31.0 Å². The van der Waals surface area contributed by atoms with E-state index in [1.165, 1.54) is 64.6 Å². The first kappa shape index (κ1) is 15.0. The van der Waals surface area contributed by atoms with Gasteiger partial charge in [-0.1, -0.05) is 33.6 Å². The SMILES string of the molecule is CCC1CCCCCN1CCCCNC(C)C. The van der Waals surface area contributed by atoms with Crippen LogP contribution >= 0.6 is 0 Å². The minimum Gasteiger partial charge on any atom is -0.315 e. The van der Waals surface area contributed by atoms with Crippen LogP contribution in [-0.2, 0) is 0 Å².